The first-order valence-corrected chi connectivity index (χ1v) is 8.77. The standard InChI is InChI=1S/C17H22ClN3O5/c1-10(2)15(17(23)19-8-11-5-6-26-9-11)20-16(22)13-4-3-12(21(24)25)7-14(13)18/h3-4,7,10-11,15H,5-6,8-9H2,1-2H3,(H,19,23)(H,20,22)/t11-,15+/m1/s1. The summed E-state index contributed by atoms with van der Waals surface area (Å²) >= 11 is 5.98. The fourth-order valence-corrected chi connectivity index (χ4v) is 2.92. The lowest BCUT2D eigenvalue weighted by Crippen LogP contribution is -2.50. The van der Waals surface area contributed by atoms with Gasteiger partial charge < -0.3 is 15.4 Å². The second kappa shape index (κ2) is 8.95. The molecule has 1 fully saturated rings. The Hall–Kier alpha value is -2.19. The SMILES string of the molecule is CC(C)[C@H](NC(=O)c1ccc([N+](=O)[O-])cc1Cl)C(=O)NC[C@H]1CCOC1. The van der Waals surface area contributed by atoms with Crippen LogP contribution >= 0.6 is 11.6 Å². The fourth-order valence-electron chi connectivity index (χ4n) is 2.65. The zero-order chi connectivity index (χ0) is 19.3. The summed E-state index contributed by atoms with van der Waals surface area (Å²) in [6.45, 7) is 5.46. The van der Waals surface area contributed by atoms with Crippen LogP contribution in [0.15, 0.2) is 18.2 Å². The third-order valence-corrected chi connectivity index (χ3v) is 4.55. The largest absolute Gasteiger partial charge is 0.381 e. The Morgan fingerprint density at radius 1 is 1.42 bits per heavy atom. The quantitative estimate of drug-likeness (QED) is 0.553. The first-order chi connectivity index (χ1) is 12.3. The van der Waals surface area contributed by atoms with E-state index in [1.54, 1.807) is 0 Å². The molecule has 2 amide bonds. The Kier molecular flexibility index (Phi) is 6.93. The number of hydrogen-bond acceptors (Lipinski definition) is 5. The molecule has 1 heterocycles. The van der Waals surface area contributed by atoms with Gasteiger partial charge in [-0.25, -0.2) is 0 Å². The molecule has 0 bridgehead atoms. The minimum Gasteiger partial charge on any atom is -0.381 e. The summed E-state index contributed by atoms with van der Waals surface area (Å²) in [5, 5.41) is 16.2. The maximum Gasteiger partial charge on any atom is 0.270 e. The Morgan fingerprint density at radius 3 is 2.69 bits per heavy atom. The molecule has 1 aliphatic heterocycles. The second-order valence-corrected chi connectivity index (χ2v) is 7.00. The van der Waals surface area contributed by atoms with Gasteiger partial charge in [-0.3, -0.25) is 19.7 Å². The Bertz CT molecular complexity index is 689. The number of amides is 2. The highest BCUT2D eigenvalue weighted by Crippen LogP contribution is 2.22. The van der Waals surface area contributed by atoms with Gasteiger partial charge in [0, 0.05) is 31.2 Å². The zero-order valence-electron chi connectivity index (χ0n) is 14.7. The number of nitrogens with one attached hydrogen (secondary N) is 2. The lowest BCUT2D eigenvalue weighted by molar-refractivity contribution is -0.384. The van der Waals surface area contributed by atoms with Gasteiger partial charge in [0.1, 0.15) is 6.04 Å². The number of nitro groups is 1. The summed E-state index contributed by atoms with van der Waals surface area (Å²) < 4.78 is 5.28. The van der Waals surface area contributed by atoms with Crippen molar-refractivity contribution in [1.82, 2.24) is 10.6 Å². The van der Waals surface area contributed by atoms with Crippen molar-refractivity contribution < 1.29 is 19.2 Å². The van der Waals surface area contributed by atoms with E-state index in [1.165, 1.54) is 12.1 Å². The van der Waals surface area contributed by atoms with Crippen LogP contribution < -0.4 is 10.6 Å². The summed E-state index contributed by atoms with van der Waals surface area (Å²) in [6, 6.07) is 2.85. The topological polar surface area (TPSA) is 111 Å². The van der Waals surface area contributed by atoms with Crippen LogP contribution in [0.3, 0.4) is 0 Å². The molecular weight excluding hydrogens is 362 g/mol. The molecule has 0 spiro atoms. The average molecular weight is 384 g/mol. The van der Waals surface area contributed by atoms with Gasteiger partial charge in [-0.15, -0.1) is 0 Å². The summed E-state index contributed by atoms with van der Waals surface area (Å²) in [5.74, 6) is -0.691. The van der Waals surface area contributed by atoms with Crippen LogP contribution in [0, 0.1) is 22.0 Å². The monoisotopic (exact) mass is 383 g/mol. The highest BCUT2D eigenvalue weighted by molar-refractivity contribution is 6.34. The molecular formula is C17H22ClN3O5. The lowest BCUT2D eigenvalue weighted by atomic mass is 10.0. The van der Waals surface area contributed by atoms with Crippen LogP contribution in [0.5, 0.6) is 0 Å². The molecule has 1 aromatic rings. The number of rotatable bonds is 7. The van der Waals surface area contributed by atoms with Crippen molar-refractivity contribution in [3.05, 3.63) is 38.9 Å². The maximum absolute atomic E-state index is 12.5. The van der Waals surface area contributed by atoms with Gasteiger partial charge in [0.05, 0.1) is 22.1 Å². The summed E-state index contributed by atoms with van der Waals surface area (Å²) in [4.78, 5) is 35.1. The zero-order valence-corrected chi connectivity index (χ0v) is 15.4. The van der Waals surface area contributed by atoms with E-state index < -0.39 is 16.9 Å². The molecule has 1 aromatic carbocycles. The van der Waals surface area contributed by atoms with Crippen molar-refractivity contribution in [2.75, 3.05) is 19.8 Å². The van der Waals surface area contributed by atoms with Gasteiger partial charge in [0.15, 0.2) is 0 Å². The first kappa shape index (κ1) is 20.1. The minimum atomic E-state index is -0.740. The molecule has 2 atom stereocenters. The summed E-state index contributed by atoms with van der Waals surface area (Å²) in [5.41, 5.74) is -0.122. The average Bonchev–Trinajstić information content (AvgIpc) is 3.10. The predicted molar refractivity (Wildman–Crippen MR) is 96.1 cm³/mol. The number of nitro benzene ring substituents is 1. The number of hydrogen-bond donors (Lipinski definition) is 2. The summed E-state index contributed by atoms with van der Waals surface area (Å²) in [6.07, 6.45) is 0.900. The van der Waals surface area contributed by atoms with E-state index in [4.69, 9.17) is 16.3 Å². The van der Waals surface area contributed by atoms with E-state index in [0.29, 0.717) is 19.8 Å². The molecule has 0 aliphatic carbocycles. The van der Waals surface area contributed by atoms with Crippen molar-refractivity contribution in [2.45, 2.75) is 26.3 Å². The molecule has 2 rings (SSSR count). The molecule has 0 radical (unpaired) electrons. The number of nitrogens with zero attached hydrogens (tertiary/aromatic N) is 1. The fraction of sp³-hybridized carbons (Fsp3) is 0.529. The smallest absolute Gasteiger partial charge is 0.270 e. The van der Waals surface area contributed by atoms with Gasteiger partial charge in [-0.05, 0) is 18.4 Å². The van der Waals surface area contributed by atoms with E-state index in [1.807, 2.05) is 13.8 Å². The van der Waals surface area contributed by atoms with Gasteiger partial charge in [-0.1, -0.05) is 25.4 Å². The number of ether oxygens (including phenoxy) is 1. The Balaban J connectivity index is 2.02. The molecule has 142 valence electrons. The summed E-state index contributed by atoms with van der Waals surface area (Å²) in [7, 11) is 0. The third kappa shape index (κ3) is 5.15. The number of non-ortho nitro benzene ring substituents is 1. The van der Waals surface area contributed by atoms with Crippen molar-refractivity contribution in [1.29, 1.82) is 0 Å². The normalized spacial score (nSPS) is 17.8. The van der Waals surface area contributed by atoms with E-state index in [2.05, 4.69) is 10.6 Å². The van der Waals surface area contributed by atoms with Crippen LogP contribution in [-0.2, 0) is 9.53 Å². The predicted octanol–water partition coefficient (Wildman–Crippen LogP) is 2.16. The van der Waals surface area contributed by atoms with Crippen molar-refractivity contribution >= 4 is 29.1 Å². The molecule has 1 saturated heterocycles. The Labute approximate surface area is 156 Å². The third-order valence-electron chi connectivity index (χ3n) is 4.23. The van der Waals surface area contributed by atoms with Crippen LogP contribution in [0.2, 0.25) is 5.02 Å². The van der Waals surface area contributed by atoms with Gasteiger partial charge in [-0.2, -0.15) is 0 Å². The molecule has 26 heavy (non-hydrogen) atoms. The minimum absolute atomic E-state index is 0.0391. The molecule has 1 aliphatic rings. The lowest BCUT2D eigenvalue weighted by Gasteiger charge is -2.22. The van der Waals surface area contributed by atoms with Crippen LogP contribution in [0.1, 0.15) is 30.6 Å². The van der Waals surface area contributed by atoms with E-state index in [9.17, 15) is 19.7 Å². The highest BCUT2D eigenvalue weighted by atomic mass is 35.5. The van der Waals surface area contributed by atoms with Gasteiger partial charge in [0.25, 0.3) is 11.6 Å². The first-order valence-electron chi connectivity index (χ1n) is 8.40. The Morgan fingerprint density at radius 2 is 2.15 bits per heavy atom. The van der Waals surface area contributed by atoms with E-state index in [-0.39, 0.29) is 34.0 Å². The molecule has 8 nitrogen and oxygen atoms in total. The molecule has 0 unspecified atom stereocenters. The highest BCUT2D eigenvalue weighted by Gasteiger charge is 2.27. The number of benzene rings is 1. The van der Waals surface area contributed by atoms with E-state index >= 15 is 0 Å². The maximum atomic E-state index is 12.5. The molecule has 0 aromatic heterocycles. The molecule has 0 saturated carbocycles. The molecule has 9 heteroatoms. The van der Waals surface area contributed by atoms with Gasteiger partial charge >= 0.3 is 0 Å². The number of halogens is 1. The van der Waals surface area contributed by atoms with E-state index in [0.717, 1.165) is 12.5 Å². The van der Waals surface area contributed by atoms with Crippen molar-refractivity contribution in [2.24, 2.45) is 11.8 Å². The van der Waals surface area contributed by atoms with Crippen LogP contribution in [0.25, 0.3) is 0 Å². The number of carbonyl (C=O) groups is 2. The second-order valence-electron chi connectivity index (χ2n) is 6.59. The van der Waals surface area contributed by atoms with Crippen LogP contribution in [0.4, 0.5) is 5.69 Å². The van der Waals surface area contributed by atoms with Crippen molar-refractivity contribution in [3.63, 3.8) is 0 Å². The van der Waals surface area contributed by atoms with Gasteiger partial charge in [0.2, 0.25) is 5.91 Å². The molecule has 2 N–H and O–H groups in total. The van der Waals surface area contributed by atoms with Crippen molar-refractivity contribution in [3.8, 4) is 0 Å². The number of carbonyl (C=O) groups excluding carboxylic acids is 2. The van der Waals surface area contributed by atoms with Crippen LogP contribution in [-0.4, -0.2) is 42.5 Å².